The Morgan fingerprint density at radius 1 is 1.37 bits per heavy atom. The first-order valence-corrected chi connectivity index (χ1v) is 7.29. The van der Waals surface area contributed by atoms with E-state index in [1.807, 2.05) is 18.4 Å². The van der Waals surface area contributed by atoms with Gasteiger partial charge in [-0.15, -0.1) is 11.3 Å². The average Bonchev–Trinajstić information content (AvgIpc) is 2.83. The third-order valence-corrected chi connectivity index (χ3v) is 3.62. The molecular formula is C13H20F3NOS. The van der Waals surface area contributed by atoms with Crippen LogP contribution in [-0.4, -0.2) is 32.0 Å². The van der Waals surface area contributed by atoms with Gasteiger partial charge >= 0.3 is 6.18 Å². The van der Waals surface area contributed by atoms with Crippen molar-refractivity contribution in [2.45, 2.75) is 38.4 Å². The van der Waals surface area contributed by atoms with Gasteiger partial charge in [0.05, 0.1) is 0 Å². The van der Waals surface area contributed by atoms with Gasteiger partial charge < -0.3 is 10.1 Å². The van der Waals surface area contributed by atoms with Crippen molar-refractivity contribution in [1.82, 2.24) is 5.32 Å². The largest absolute Gasteiger partial charge is 0.411 e. The van der Waals surface area contributed by atoms with Crippen LogP contribution in [0.3, 0.4) is 0 Å². The molecule has 0 fully saturated rings. The highest BCUT2D eigenvalue weighted by molar-refractivity contribution is 7.09. The van der Waals surface area contributed by atoms with Crippen LogP contribution >= 0.6 is 11.3 Å². The van der Waals surface area contributed by atoms with Crippen molar-refractivity contribution in [3.05, 3.63) is 22.4 Å². The lowest BCUT2D eigenvalue weighted by molar-refractivity contribution is -0.174. The molecule has 0 aliphatic rings. The lowest BCUT2D eigenvalue weighted by atomic mass is 10.1. The predicted molar refractivity (Wildman–Crippen MR) is 71.6 cm³/mol. The number of rotatable bonds is 9. The molecule has 1 heterocycles. The number of hydrogen-bond acceptors (Lipinski definition) is 3. The summed E-state index contributed by atoms with van der Waals surface area (Å²) in [5.74, 6) is 0. The number of aryl methyl sites for hydroxylation is 1. The van der Waals surface area contributed by atoms with E-state index in [9.17, 15) is 13.2 Å². The Hall–Kier alpha value is -0.590. The molecule has 2 nitrogen and oxygen atoms in total. The summed E-state index contributed by atoms with van der Waals surface area (Å²) >= 11 is 1.71. The van der Waals surface area contributed by atoms with Crippen LogP contribution in [-0.2, 0) is 11.2 Å². The molecule has 1 unspecified atom stereocenters. The first-order chi connectivity index (χ1) is 9.01. The van der Waals surface area contributed by atoms with E-state index >= 15 is 0 Å². The van der Waals surface area contributed by atoms with E-state index in [0.29, 0.717) is 6.42 Å². The molecule has 1 aromatic heterocycles. The van der Waals surface area contributed by atoms with Crippen LogP contribution in [0, 0.1) is 0 Å². The van der Waals surface area contributed by atoms with Crippen LogP contribution in [0.4, 0.5) is 13.2 Å². The lowest BCUT2D eigenvalue weighted by Crippen LogP contribution is -2.31. The standard InChI is InChI=1S/C13H20F3NOS/c1-2-17-11(5-6-12-4-3-9-19-12)7-8-18-10-13(14,15)16/h3-4,9,11,17H,2,5-8,10H2,1H3. The summed E-state index contributed by atoms with van der Waals surface area (Å²) in [6.45, 7) is 1.79. The maximum absolute atomic E-state index is 11.9. The van der Waals surface area contributed by atoms with E-state index in [-0.39, 0.29) is 12.6 Å². The van der Waals surface area contributed by atoms with Gasteiger partial charge in [-0.25, -0.2) is 0 Å². The van der Waals surface area contributed by atoms with Crippen LogP contribution in [0.15, 0.2) is 17.5 Å². The molecule has 0 aromatic carbocycles. The zero-order valence-corrected chi connectivity index (χ0v) is 11.8. The molecule has 110 valence electrons. The fourth-order valence-electron chi connectivity index (χ4n) is 1.82. The summed E-state index contributed by atoms with van der Waals surface area (Å²) in [6, 6.07) is 4.29. The van der Waals surface area contributed by atoms with Crippen molar-refractivity contribution < 1.29 is 17.9 Å². The van der Waals surface area contributed by atoms with E-state index < -0.39 is 12.8 Å². The molecule has 0 bridgehead atoms. The zero-order chi connectivity index (χ0) is 14.1. The second-order valence-corrected chi connectivity index (χ2v) is 5.36. The van der Waals surface area contributed by atoms with E-state index in [4.69, 9.17) is 0 Å². The topological polar surface area (TPSA) is 21.3 Å². The highest BCUT2D eigenvalue weighted by Gasteiger charge is 2.27. The average molecular weight is 295 g/mol. The molecule has 0 aliphatic heterocycles. The Balaban J connectivity index is 2.20. The Bertz CT molecular complexity index is 327. The third-order valence-electron chi connectivity index (χ3n) is 2.69. The summed E-state index contributed by atoms with van der Waals surface area (Å²) in [7, 11) is 0. The number of thiophene rings is 1. The number of halogens is 3. The number of alkyl halides is 3. The predicted octanol–water partition coefficient (Wildman–Crippen LogP) is 3.63. The van der Waals surface area contributed by atoms with Crippen LogP contribution in [0.25, 0.3) is 0 Å². The summed E-state index contributed by atoms with van der Waals surface area (Å²) in [5.41, 5.74) is 0. The van der Waals surface area contributed by atoms with Gasteiger partial charge in [0, 0.05) is 17.5 Å². The molecule has 19 heavy (non-hydrogen) atoms. The summed E-state index contributed by atoms with van der Waals surface area (Å²) < 4.78 is 40.4. The van der Waals surface area contributed by atoms with Crippen molar-refractivity contribution in [3.8, 4) is 0 Å². The van der Waals surface area contributed by atoms with Crippen molar-refractivity contribution in [2.24, 2.45) is 0 Å². The Morgan fingerprint density at radius 3 is 2.74 bits per heavy atom. The van der Waals surface area contributed by atoms with Crippen LogP contribution in [0.2, 0.25) is 0 Å². The van der Waals surface area contributed by atoms with Crippen LogP contribution < -0.4 is 5.32 Å². The second kappa shape index (κ2) is 8.55. The highest BCUT2D eigenvalue weighted by atomic mass is 32.1. The zero-order valence-electron chi connectivity index (χ0n) is 11.0. The SMILES string of the molecule is CCNC(CCOCC(F)(F)F)CCc1cccs1. The molecule has 1 rings (SSSR count). The summed E-state index contributed by atoms with van der Waals surface area (Å²) in [4.78, 5) is 1.30. The van der Waals surface area contributed by atoms with Gasteiger partial charge in [0.15, 0.2) is 0 Å². The second-order valence-electron chi connectivity index (χ2n) is 4.33. The smallest absolute Gasteiger partial charge is 0.372 e. The monoisotopic (exact) mass is 295 g/mol. The molecule has 0 radical (unpaired) electrons. The van der Waals surface area contributed by atoms with Crippen molar-refractivity contribution >= 4 is 11.3 Å². The molecule has 1 aromatic rings. The number of nitrogens with one attached hydrogen (secondary N) is 1. The Morgan fingerprint density at radius 2 is 2.16 bits per heavy atom. The molecule has 0 aliphatic carbocycles. The minimum Gasteiger partial charge on any atom is -0.372 e. The quantitative estimate of drug-likeness (QED) is 0.702. The van der Waals surface area contributed by atoms with Crippen molar-refractivity contribution in [2.75, 3.05) is 19.8 Å². The molecular weight excluding hydrogens is 275 g/mol. The van der Waals surface area contributed by atoms with Gasteiger partial charge in [-0.3, -0.25) is 0 Å². The van der Waals surface area contributed by atoms with Gasteiger partial charge in [-0.1, -0.05) is 13.0 Å². The molecule has 1 atom stereocenters. The highest BCUT2D eigenvalue weighted by Crippen LogP contribution is 2.16. The van der Waals surface area contributed by atoms with Gasteiger partial charge in [-0.2, -0.15) is 13.2 Å². The Labute approximate surface area is 116 Å². The third kappa shape index (κ3) is 8.23. The van der Waals surface area contributed by atoms with E-state index in [2.05, 4.69) is 16.1 Å². The maximum atomic E-state index is 11.9. The molecule has 0 saturated carbocycles. The first-order valence-electron chi connectivity index (χ1n) is 6.41. The fourth-order valence-corrected chi connectivity index (χ4v) is 2.55. The number of hydrogen-bond donors (Lipinski definition) is 1. The summed E-state index contributed by atoms with van der Waals surface area (Å²) in [6.07, 6.45) is -1.75. The van der Waals surface area contributed by atoms with Crippen molar-refractivity contribution in [3.63, 3.8) is 0 Å². The summed E-state index contributed by atoms with van der Waals surface area (Å²) in [5, 5.41) is 5.32. The maximum Gasteiger partial charge on any atom is 0.411 e. The van der Waals surface area contributed by atoms with Gasteiger partial charge in [0.1, 0.15) is 6.61 Å². The van der Waals surface area contributed by atoms with Crippen molar-refractivity contribution in [1.29, 1.82) is 0 Å². The Kier molecular flexibility index (Phi) is 7.41. The molecule has 0 spiro atoms. The fraction of sp³-hybridized carbons (Fsp3) is 0.692. The molecule has 6 heteroatoms. The van der Waals surface area contributed by atoms with E-state index in [0.717, 1.165) is 19.4 Å². The van der Waals surface area contributed by atoms with Crippen LogP contribution in [0.5, 0.6) is 0 Å². The van der Waals surface area contributed by atoms with E-state index in [1.54, 1.807) is 11.3 Å². The first kappa shape index (κ1) is 16.5. The molecule has 1 N–H and O–H groups in total. The van der Waals surface area contributed by atoms with Crippen LogP contribution in [0.1, 0.15) is 24.6 Å². The molecule has 0 saturated heterocycles. The van der Waals surface area contributed by atoms with Gasteiger partial charge in [-0.05, 0) is 37.3 Å². The van der Waals surface area contributed by atoms with Gasteiger partial charge in [0.2, 0.25) is 0 Å². The minimum absolute atomic E-state index is 0.140. The molecule has 0 amide bonds. The number of ether oxygens (including phenoxy) is 1. The minimum atomic E-state index is -4.23. The van der Waals surface area contributed by atoms with E-state index in [1.165, 1.54) is 4.88 Å². The van der Waals surface area contributed by atoms with Gasteiger partial charge in [0.25, 0.3) is 0 Å². The lowest BCUT2D eigenvalue weighted by Gasteiger charge is -2.17. The normalized spacial score (nSPS) is 13.7.